The molecular formula is C37H34N4O3S2. The maximum absolute atomic E-state index is 13.4. The van der Waals surface area contributed by atoms with E-state index in [4.69, 9.17) is 0 Å². The lowest BCUT2D eigenvalue weighted by Gasteiger charge is -2.13. The van der Waals surface area contributed by atoms with E-state index in [9.17, 15) is 14.4 Å². The molecule has 9 heteroatoms. The summed E-state index contributed by atoms with van der Waals surface area (Å²) in [6.07, 6.45) is 1.65. The third kappa shape index (κ3) is 8.59. The molecule has 46 heavy (non-hydrogen) atoms. The average molecular weight is 647 g/mol. The zero-order chi connectivity index (χ0) is 32.6. The highest BCUT2D eigenvalue weighted by Crippen LogP contribution is 2.32. The lowest BCUT2D eigenvalue weighted by Crippen LogP contribution is -2.30. The van der Waals surface area contributed by atoms with Gasteiger partial charge in [0.1, 0.15) is 5.70 Å². The number of carbonyl (C=O) groups excluding carboxylic acids is 3. The van der Waals surface area contributed by atoms with Gasteiger partial charge in [0.15, 0.2) is 5.13 Å². The van der Waals surface area contributed by atoms with Gasteiger partial charge >= 0.3 is 0 Å². The van der Waals surface area contributed by atoms with E-state index in [2.05, 4.69) is 20.9 Å². The molecule has 0 aliphatic carbocycles. The molecule has 4 aromatic carbocycles. The van der Waals surface area contributed by atoms with Gasteiger partial charge < -0.3 is 16.0 Å². The second kappa shape index (κ2) is 14.9. The molecular weight excluding hydrogens is 613 g/mol. The van der Waals surface area contributed by atoms with E-state index >= 15 is 0 Å². The van der Waals surface area contributed by atoms with Crippen molar-refractivity contribution in [2.24, 2.45) is 0 Å². The highest BCUT2D eigenvalue weighted by molar-refractivity contribution is 8.00. The van der Waals surface area contributed by atoms with E-state index in [0.717, 1.165) is 32.2 Å². The maximum atomic E-state index is 13.4. The Hall–Kier alpha value is -4.99. The van der Waals surface area contributed by atoms with Crippen molar-refractivity contribution in [2.45, 2.75) is 37.8 Å². The van der Waals surface area contributed by atoms with Crippen LogP contribution in [-0.2, 0) is 9.59 Å². The Morgan fingerprint density at radius 1 is 0.804 bits per heavy atom. The number of carbonyl (C=O) groups is 3. The highest BCUT2D eigenvalue weighted by Gasteiger charge is 2.19. The lowest BCUT2D eigenvalue weighted by atomic mass is 10.1. The lowest BCUT2D eigenvalue weighted by molar-refractivity contribution is -0.115. The number of rotatable bonds is 10. The number of nitrogens with one attached hydrogen (secondary N) is 3. The zero-order valence-electron chi connectivity index (χ0n) is 26.0. The fourth-order valence-electron chi connectivity index (χ4n) is 4.58. The van der Waals surface area contributed by atoms with Gasteiger partial charge in [-0.05, 0) is 75.7 Å². The summed E-state index contributed by atoms with van der Waals surface area (Å²) in [7, 11) is 0. The molecule has 0 aliphatic heterocycles. The smallest absolute Gasteiger partial charge is 0.272 e. The Kier molecular flexibility index (Phi) is 10.5. The Morgan fingerprint density at radius 2 is 1.52 bits per heavy atom. The molecule has 0 spiro atoms. The first-order valence-electron chi connectivity index (χ1n) is 14.7. The van der Waals surface area contributed by atoms with Crippen molar-refractivity contribution in [1.29, 1.82) is 0 Å². The molecule has 232 valence electrons. The second-order valence-corrected chi connectivity index (χ2v) is 13.4. The third-order valence-corrected chi connectivity index (χ3v) is 9.03. The summed E-state index contributed by atoms with van der Waals surface area (Å²) < 4.78 is 0. The number of thioether (sulfide) groups is 1. The van der Waals surface area contributed by atoms with E-state index in [1.807, 2.05) is 94.4 Å². The molecule has 5 rings (SSSR count). The maximum Gasteiger partial charge on any atom is 0.272 e. The van der Waals surface area contributed by atoms with Crippen LogP contribution in [0.3, 0.4) is 0 Å². The molecule has 0 fully saturated rings. The first-order valence-corrected chi connectivity index (χ1v) is 16.4. The quantitative estimate of drug-likeness (QED) is 0.105. The minimum absolute atomic E-state index is 0.117. The average Bonchev–Trinajstić information content (AvgIpc) is 3.41. The number of hydrogen-bond donors (Lipinski definition) is 3. The summed E-state index contributed by atoms with van der Waals surface area (Å²) in [5.74, 6) is -0.984. The van der Waals surface area contributed by atoms with Gasteiger partial charge in [-0.1, -0.05) is 77.9 Å². The summed E-state index contributed by atoms with van der Waals surface area (Å²) in [5, 5.41) is 8.78. The van der Waals surface area contributed by atoms with Crippen molar-refractivity contribution in [2.75, 3.05) is 10.6 Å². The van der Waals surface area contributed by atoms with E-state index in [-0.39, 0.29) is 22.8 Å². The van der Waals surface area contributed by atoms with Crippen LogP contribution >= 0.6 is 23.1 Å². The van der Waals surface area contributed by atoms with Gasteiger partial charge in [0.2, 0.25) is 5.91 Å². The van der Waals surface area contributed by atoms with Crippen LogP contribution in [0.2, 0.25) is 0 Å². The molecule has 3 amide bonds. The van der Waals surface area contributed by atoms with Gasteiger partial charge in [0.25, 0.3) is 11.8 Å². The van der Waals surface area contributed by atoms with Gasteiger partial charge in [-0.25, -0.2) is 4.98 Å². The SMILES string of the molecule is Cc1ccc(-c2nc(NC(=O)C(C)Sc3ccc(NC(=O)/C(=C/c4cccc(C)c4)NC(=O)c4ccccc4)cc3)sc2C)cc1. The van der Waals surface area contributed by atoms with E-state index in [0.29, 0.717) is 16.4 Å². The minimum atomic E-state index is -0.456. The number of nitrogens with zero attached hydrogens (tertiary/aromatic N) is 1. The fourth-order valence-corrected chi connectivity index (χ4v) is 6.28. The second-order valence-electron chi connectivity index (χ2n) is 10.8. The number of aromatic nitrogens is 1. The Bertz CT molecular complexity index is 1880. The molecule has 7 nitrogen and oxygen atoms in total. The first kappa shape index (κ1) is 32.4. The largest absolute Gasteiger partial charge is 0.321 e. The molecule has 0 saturated carbocycles. The predicted octanol–water partition coefficient (Wildman–Crippen LogP) is 8.26. The molecule has 0 aliphatic rings. The zero-order valence-corrected chi connectivity index (χ0v) is 27.6. The van der Waals surface area contributed by atoms with Crippen LogP contribution in [0.5, 0.6) is 0 Å². The molecule has 0 radical (unpaired) electrons. The molecule has 1 unspecified atom stereocenters. The van der Waals surface area contributed by atoms with Gasteiger partial charge in [0.05, 0.1) is 10.9 Å². The molecule has 5 aromatic rings. The number of amides is 3. The van der Waals surface area contributed by atoms with Crippen molar-refractivity contribution < 1.29 is 14.4 Å². The fraction of sp³-hybridized carbons (Fsp3) is 0.135. The molecule has 1 atom stereocenters. The summed E-state index contributed by atoms with van der Waals surface area (Å²) in [4.78, 5) is 45.8. The van der Waals surface area contributed by atoms with Crippen molar-refractivity contribution >= 4 is 57.7 Å². The first-order chi connectivity index (χ1) is 22.1. The van der Waals surface area contributed by atoms with Crippen molar-refractivity contribution in [3.05, 3.63) is 136 Å². The van der Waals surface area contributed by atoms with Gasteiger partial charge in [-0.2, -0.15) is 0 Å². The van der Waals surface area contributed by atoms with Crippen molar-refractivity contribution in [3.63, 3.8) is 0 Å². The summed E-state index contributed by atoms with van der Waals surface area (Å²) in [6, 6.07) is 31.8. The summed E-state index contributed by atoms with van der Waals surface area (Å²) in [6.45, 7) is 7.85. The molecule has 0 saturated heterocycles. The van der Waals surface area contributed by atoms with Crippen LogP contribution in [-0.4, -0.2) is 28.0 Å². The minimum Gasteiger partial charge on any atom is -0.321 e. The van der Waals surface area contributed by atoms with Crippen LogP contribution in [0, 0.1) is 20.8 Å². The summed E-state index contributed by atoms with van der Waals surface area (Å²) in [5.41, 5.74) is 6.01. The normalized spacial score (nSPS) is 11.9. The van der Waals surface area contributed by atoms with Crippen LogP contribution in [0.1, 0.15) is 38.8 Å². The monoisotopic (exact) mass is 646 g/mol. The van der Waals surface area contributed by atoms with Crippen molar-refractivity contribution in [1.82, 2.24) is 10.3 Å². The van der Waals surface area contributed by atoms with Crippen LogP contribution in [0.15, 0.2) is 114 Å². The molecule has 1 aromatic heterocycles. The van der Waals surface area contributed by atoms with Crippen molar-refractivity contribution in [3.8, 4) is 11.3 Å². The Morgan fingerprint density at radius 3 is 2.22 bits per heavy atom. The number of benzene rings is 4. The Labute approximate surface area is 277 Å². The molecule has 0 bridgehead atoms. The van der Waals surface area contributed by atoms with E-state index in [1.54, 1.807) is 42.5 Å². The molecule has 1 heterocycles. The van der Waals surface area contributed by atoms with E-state index in [1.165, 1.54) is 28.7 Å². The molecule has 3 N–H and O–H groups in total. The Balaban J connectivity index is 1.22. The van der Waals surface area contributed by atoms with Gasteiger partial charge in [0, 0.05) is 26.6 Å². The van der Waals surface area contributed by atoms with Gasteiger partial charge in [-0.3, -0.25) is 14.4 Å². The summed E-state index contributed by atoms with van der Waals surface area (Å²) >= 11 is 2.86. The number of thiazole rings is 1. The predicted molar refractivity (Wildman–Crippen MR) is 189 cm³/mol. The van der Waals surface area contributed by atoms with Crippen LogP contribution in [0.25, 0.3) is 17.3 Å². The van der Waals surface area contributed by atoms with Crippen LogP contribution < -0.4 is 16.0 Å². The highest BCUT2D eigenvalue weighted by atomic mass is 32.2. The number of aryl methyl sites for hydroxylation is 3. The van der Waals surface area contributed by atoms with E-state index < -0.39 is 5.91 Å². The third-order valence-electron chi connectivity index (χ3n) is 7.03. The standard InChI is InChI=1S/C37H34N4O3S2/c1-23-13-15-28(16-14-23)33-25(3)46-37(40-33)41-34(42)26(4)45-31-19-17-30(18-20-31)38-36(44)32(22-27-10-8-9-24(2)21-27)39-35(43)29-11-6-5-7-12-29/h5-22,26H,1-4H3,(H,38,44)(H,39,43)(H,40,41,42)/b32-22-. The topological polar surface area (TPSA) is 100 Å². The van der Waals surface area contributed by atoms with Crippen LogP contribution in [0.4, 0.5) is 10.8 Å². The van der Waals surface area contributed by atoms with Gasteiger partial charge in [-0.15, -0.1) is 23.1 Å². The number of anilines is 2. The number of hydrogen-bond acceptors (Lipinski definition) is 6.